The summed E-state index contributed by atoms with van der Waals surface area (Å²) in [6.45, 7) is 2.44. The van der Waals surface area contributed by atoms with E-state index >= 15 is 0 Å². The number of hydrogen-bond acceptors (Lipinski definition) is 4. The second-order valence-electron chi connectivity index (χ2n) is 5.03. The summed E-state index contributed by atoms with van der Waals surface area (Å²) >= 11 is 7.65. The maximum absolute atomic E-state index is 13.1. The molecule has 6 heteroatoms. The van der Waals surface area contributed by atoms with Gasteiger partial charge in [-0.25, -0.2) is 14.4 Å². The van der Waals surface area contributed by atoms with E-state index in [2.05, 4.69) is 14.9 Å². The molecule has 0 spiro atoms. The minimum absolute atomic E-state index is 0.300. The zero-order valence-electron chi connectivity index (χ0n) is 11.6. The van der Waals surface area contributed by atoms with Gasteiger partial charge in [-0.3, -0.25) is 4.90 Å². The second-order valence-corrected chi connectivity index (χ2v) is 6.21. The van der Waals surface area contributed by atoms with Gasteiger partial charge in [-0.2, -0.15) is 0 Å². The van der Waals surface area contributed by atoms with Crippen LogP contribution in [0.2, 0.25) is 5.02 Å². The van der Waals surface area contributed by atoms with E-state index in [0.29, 0.717) is 11.6 Å². The first kappa shape index (κ1) is 14.8. The molecule has 3 nitrogen and oxygen atoms in total. The fraction of sp³-hybridized carbons (Fsp3) is 0.333. The van der Waals surface area contributed by atoms with Crippen LogP contribution in [0.25, 0.3) is 0 Å². The molecule has 21 heavy (non-hydrogen) atoms. The van der Waals surface area contributed by atoms with Crippen molar-refractivity contribution in [3.63, 3.8) is 0 Å². The van der Waals surface area contributed by atoms with Crippen LogP contribution in [0.3, 0.4) is 0 Å². The van der Waals surface area contributed by atoms with Crippen molar-refractivity contribution in [3.05, 3.63) is 52.1 Å². The normalized spacial score (nSPS) is 15.0. The molecule has 1 aromatic carbocycles. The van der Waals surface area contributed by atoms with Crippen molar-refractivity contribution in [1.82, 2.24) is 14.9 Å². The summed E-state index contributed by atoms with van der Waals surface area (Å²) in [5.74, 6) is -0.300. The van der Waals surface area contributed by atoms with E-state index in [-0.39, 0.29) is 5.82 Å². The molecule has 1 aliphatic rings. The van der Waals surface area contributed by atoms with Crippen molar-refractivity contribution >= 4 is 23.4 Å². The molecule has 1 aliphatic heterocycles. The predicted octanol–water partition coefficient (Wildman–Crippen LogP) is 3.55. The Balaban J connectivity index is 1.74. The van der Waals surface area contributed by atoms with E-state index in [0.717, 1.165) is 41.5 Å². The number of fused-ring (bicyclic) bond motifs is 1. The van der Waals surface area contributed by atoms with Crippen LogP contribution < -0.4 is 0 Å². The maximum atomic E-state index is 13.1. The Bertz CT molecular complexity index is 665. The van der Waals surface area contributed by atoms with Crippen molar-refractivity contribution < 1.29 is 4.39 Å². The molecule has 0 radical (unpaired) electrons. The minimum Gasteiger partial charge on any atom is -0.294 e. The molecule has 0 saturated carbocycles. The number of halogens is 2. The Labute approximate surface area is 132 Å². The van der Waals surface area contributed by atoms with E-state index in [9.17, 15) is 4.39 Å². The summed E-state index contributed by atoms with van der Waals surface area (Å²) in [7, 11) is 0. The Kier molecular flexibility index (Phi) is 4.42. The Morgan fingerprint density at radius 1 is 1.43 bits per heavy atom. The third-order valence-corrected chi connectivity index (χ3v) is 4.50. The van der Waals surface area contributed by atoms with Crippen LogP contribution in [0, 0.1) is 5.82 Å². The van der Waals surface area contributed by atoms with Crippen molar-refractivity contribution in [2.75, 3.05) is 12.8 Å². The molecule has 0 aliphatic carbocycles. The summed E-state index contributed by atoms with van der Waals surface area (Å²) in [5.41, 5.74) is 3.25. The summed E-state index contributed by atoms with van der Waals surface area (Å²) in [6, 6.07) is 4.57. The summed E-state index contributed by atoms with van der Waals surface area (Å²) in [6.07, 6.45) is 4.80. The molecule has 2 heterocycles. The average Bonchev–Trinajstić information content (AvgIpc) is 2.49. The van der Waals surface area contributed by atoms with Gasteiger partial charge in [-0.1, -0.05) is 29.4 Å². The fourth-order valence-electron chi connectivity index (χ4n) is 2.48. The number of aromatic nitrogens is 2. The highest BCUT2D eigenvalue weighted by molar-refractivity contribution is 7.98. The molecule has 110 valence electrons. The number of rotatable bonds is 3. The monoisotopic (exact) mass is 323 g/mol. The lowest BCUT2D eigenvalue weighted by atomic mass is 10.1. The summed E-state index contributed by atoms with van der Waals surface area (Å²) in [4.78, 5) is 11.2. The summed E-state index contributed by atoms with van der Waals surface area (Å²) in [5, 5.41) is 1.30. The zero-order chi connectivity index (χ0) is 14.8. The van der Waals surface area contributed by atoms with Gasteiger partial charge in [-0.15, -0.1) is 0 Å². The SMILES string of the molecule is CSc1ncc2c(n1)CCN(Cc1ccc(F)cc1Cl)C2. The standard InChI is InChI=1S/C15H15ClFN3S/c1-21-15-18-7-11-9-20(5-4-14(11)19-15)8-10-2-3-12(17)6-13(10)16/h2-3,6-7H,4-5,8-9H2,1H3. The van der Waals surface area contributed by atoms with Crippen molar-refractivity contribution in [2.45, 2.75) is 24.7 Å². The van der Waals surface area contributed by atoms with Crippen LogP contribution in [-0.4, -0.2) is 27.7 Å². The number of hydrogen-bond donors (Lipinski definition) is 0. The third kappa shape index (κ3) is 3.36. The first-order chi connectivity index (χ1) is 10.2. The average molecular weight is 324 g/mol. The second kappa shape index (κ2) is 6.30. The lowest BCUT2D eigenvalue weighted by molar-refractivity contribution is 0.242. The quantitative estimate of drug-likeness (QED) is 0.638. The third-order valence-electron chi connectivity index (χ3n) is 3.58. The highest BCUT2D eigenvalue weighted by Crippen LogP contribution is 2.23. The molecule has 2 aromatic rings. The highest BCUT2D eigenvalue weighted by atomic mass is 35.5. The first-order valence-corrected chi connectivity index (χ1v) is 8.31. The number of benzene rings is 1. The van der Waals surface area contributed by atoms with E-state index in [1.165, 1.54) is 12.1 Å². The fourth-order valence-corrected chi connectivity index (χ4v) is 3.07. The van der Waals surface area contributed by atoms with Crippen LogP contribution in [0.1, 0.15) is 16.8 Å². The molecule has 3 rings (SSSR count). The Hall–Kier alpha value is -1.17. The minimum atomic E-state index is -0.300. The largest absolute Gasteiger partial charge is 0.294 e. The van der Waals surface area contributed by atoms with E-state index in [1.54, 1.807) is 17.8 Å². The highest BCUT2D eigenvalue weighted by Gasteiger charge is 2.19. The van der Waals surface area contributed by atoms with Crippen molar-refractivity contribution in [1.29, 1.82) is 0 Å². The lowest BCUT2D eigenvalue weighted by Gasteiger charge is -2.28. The van der Waals surface area contributed by atoms with E-state index in [4.69, 9.17) is 11.6 Å². The van der Waals surface area contributed by atoms with Gasteiger partial charge in [0.1, 0.15) is 5.82 Å². The molecule has 0 saturated heterocycles. The molecule has 0 fully saturated rings. The van der Waals surface area contributed by atoms with Gasteiger partial charge in [0.15, 0.2) is 5.16 Å². The van der Waals surface area contributed by atoms with E-state index in [1.807, 2.05) is 12.5 Å². The van der Waals surface area contributed by atoms with Gasteiger partial charge in [-0.05, 0) is 24.0 Å². The van der Waals surface area contributed by atoms with Gasteiger partial charge < -0.3 is 0 Å². The molecule has 1 aromatic heterocycles. The Morgan fingerprint density at radius 2 is 2.29 bits per heavy atom. The molecular weight excluding hydrogens is 309 g/mol. The zero-order valence-corrected chi connectivity index (χ0v) is 13.2. The molecule has 0 unspecified atom stereocenters. The molecular formula is C15H15ClFN3S. The number of nitrogens with zero attached hydrogens (tertiary/aromatic N) is 3. The van der Waals surface area contributed by atoms with Crippen LogP contribution in [-0.2, 0) is 19.5 Å². The van der Waals surface area contributed by atoms with Gasteiger partial charge in [0.05, 0.1) is 5.69 Å². The molecule has 0 N–H and O–H groups in total. The molecule has 0 amide bonds. The van der Waals surface area contributed by atoms with Gasteiger partial charge >= 0.3 is 0 Å². The topological polar surface area (TPSA) is 29.0 Å². The van der Waals surface area contributed by atoms with Crippen molar-refractivity contribution in [3.8, 4) is 0 Å². The molecule has 0 bridgehead atoms. The summed E-state index contributed by atoms with van der Waals surface area (Å²) < 4.78 is 13.1. The van der Waals surface area contributed by atoms with Crippen LogP contribution in [0.15, 0.2) is 29.6 Å². The van der Waals surface area contributed by atoms with Crippen LogP contribution >= 0.6 is 23.4 Å². The van der Waals surface area contributed by atoms with Crippen molar-refractivity contribution in [2.24, 2.45) is 0 Å². The smallest absolute Gasteiger partial charge is 0.187 e. The first-order valence-electron chi connectivity index (χ1n) is 6.71. The van der Waals surface area contributed by atoms with Crippen LogP contribution in [0.4, 0.5) is 4.39 Å². The maximum Gasteiger partial charge on any atom is 0.187 e. The van der Waals surface area contributed by atoms with E-state index < -0.39 is 0 Å². The molecule has 0 atom stereocenters. The predicted molar refractivity (Wildman–Crippen MR) is 83.0 cm³/mol. The van der Waals surface area contributed by atoms with Gasteiger partial charge in [0, 0.05) is 42.8 Å². The number of thioether (sulfide) groups is 1. The van der Waals surface area contributed by atoms with Gasteiger partial charge in [0.2, 0.25) is 0 Å². The van der Waals surface area contributed by atoms with Gasteiger partial charge in [0.25, 0.3) is 0 Å². The van der Waals surface area contributed by atoms with Crippen LogP contribution in [0.5, 0.6) is 0 Å². The lowest BCUT2D eigenvalue weighted by Crippen LogP contribution is -2.31. The Morgan fingerprint density at radius 3 is 3.05 bits per heavy atom.